The van der Waals surface area contributed by atoms with E-state index in [0.29, 0.717) is 16.6 Å². The predicted octanol–water partition coefficient (Wildman–Crippen LogP) is 4.39. The monoisotopic (exact) mass is 358 g/mol. The van der Waals surface area contributed by atoms with Gasteiger partial charge in [0, 0.05) is 28.8 Å². The maximum absolute atomic E-state index is 12.8. The van der Waals surface area contributed by atoms with E-state index in [0.717, 1.165) is 11.1 Å². The van der Waals surface area contributed by atoms with Crippen LogP contribution in [0.5, 0.6) is 0 Å². The summed E-state index contributed by atoms with van der Waals surface area (Å²) in [5.74, 6) is -0.440. The van der Waals surface area contributed by atoms with Crippen LogP contribution >= 0.6 is 0 Å². The van der Waals surface area contributed by atoms with Crippen LogP contribution in [0.1, 0.15) is 10.5 Å². The van der Waals surface area contributed by atoms with Crippen molar-refractivity contribution in [1.29, 1.82) is 0 Å². The van der Waals surface area contributed by atoms with E-state index >= 15 is 0 Å². The number of H-pyrrole nitrogens is 1. The maximum Gasteiger partial charge on any atom is 0.276 e. The molecule has 0 radical (unpaired) electrons. The Morgan fingerprint density at radius 1 is 1.00 bits per heavy atom. The lowest BCUT2D eigenvalue weighted by Crippen LogP contribution is -2.13. The molecule has 4 rings (SSSR count). The molecule has 27 heavy (non-hydrogen) atoms. The lowest BCUT2D eigenvalue weighted by atomic mass is 10.0. The van der Waals surface area contributed by atoms with Crippen LogP contribution in [-0.2, 0) is 0 Å². The number of nitrogens with zero attached hydrogens (tertiary/aromatic N) is 2. The molecule has 1 aromatic heterocycles. The summed E-state index contributed by atoms with van der Waals surface area (Å²) in [6.07, 6.45) is 0. The molecular weight excluding hydrogens is 344 g/mol. The molecule has 7 heteroatoms. The molecular formula is C20H14N4O3. The summed E-state index contributed by atoms with van der Waals surface area (Å²) >= 11 is 0. The van der Waals surface area contributed by atoms with Gasteiger partial charge < -0.3 is 5.32 Å². The number of fused-ring (bicyclic) bond motifs is 1. The quantitative estimate of drug-likeness (QED) is 0.417. The molecule has 1 heterocycles. The van der Waals surface area contributed by atoms with Gasteiger partial charge in [-0.15, -0.1) is 0 Å². The second-order valence-electron chi connectivity index (χ2n) is 5.92. The summed E-state index contributed by atoms with van der Waals surface area (Å²) in [4.78, 5) is 23.3. The SMILES string of the molecule is O=C(Nc1ccccc1-c1ccccc1)c1n[nH]c2ccc([N+](=O)[O-])cc12. The molecule has 0 aliphatic rings. The van der Waals surface area contributed by atoms with Gasteiger partial charge in [0.15, 0.2) is 5.69 Å². The second kappa shape index (κ2) is 6.72. The number of anilines is 1. The number of aromatic nitrogens is 2. The Balaban J connectivity index is 1.71. The summed E-state index contributed by atoms with van der Waals surface area (Å²) in [6.45, 7) is 0. The first-order valence-corrected chi connectivity index (χ1v) is 8.22. The number of carbonyl (C=O) groups is 1. The van der Waals surface area contributed by atoms with Gasteiger partial charge in [-0.3, -0.25) is 20.0 Å². The van der Waals surface area contributed by atoms with Crippen molar-refractivity contribution in [3.63, 3.8) is 0 Å². The first-order chi connectivity index (χ1) is 13.1. The van der Waals surface area contributed by atoms with Gasteiger partial charge >= 0.3 is 0 Å². The summed E-state index contributed by atoms with van der Waals surface area (Å²) in [7, 11) is 0. The largest absolute Gasteiger partial charge is 0.320 e. The number of carbonyl (C=O) groups excluding carboxylic acids is 1. The average Bonchev–Trinajstić information content (AvgIpc) is 3.12. The van der Waals surface area contributed by atoms with Crippen LogP contribution in [0.15, 0.2) is 72.8 Å². The number of nitro benzene ring substituents is 1. The van der Waals surface area contributed by atoms with Gasteiger partial charge in [0.25, 0.3) is 11.6 Å². The first-order valence-electron chi connectivity index (χ1n) is 8.22. The smallest absolute Gasteiger partial charge is 0.276 e. The third-order valence-electron chi connectivity index (χ3n) is 4.23. The van der Waals surface area contributed by atoms with E-state index in [9.17, 15) is 14.9 Å². The fourth-order valence-electron chi connectivity index (χ4n) is 2.93. The third kappa shape index (κ3) is 3.13. The minimum atomic E-state index is -0.501. The molecule has 0 saturated carbocycles. The van der Waals surface area contributed by atoms with Gasteiger partial charge in [0.2, 0.25) is 0 Å². The Hall–Kier alpha value is -4.00. The number of non-ortho nitro benzene ring substituents is 1. The van der Waals surface area contributed by atoms with E-state index in [1.807, 2.05) is 48.5 Å². The van der Waals surface area contributed by atoms with Crippen molar-refractivity contribution in [3.05, 3.63) is 88.6 Å². The minimum Gasteiger partial charge on any atom is -0.320 e. The van der Waals surface area contributed by atoms with E-state index in [1.165, 1.54) is 18.2 Å². The number of hydrogen-bond donors (Lipinski definition) is 2. The number of hydrogen-bond acceptors (Lipinski definition) is 4. The van der Waals surface area contributed by atoms with Crippen LogP contribution < -0.4 is 5.32 Å². The van der Waals surface area contributed by atoms with Crippen molar-refractivity contribution in [1.82, 2.24) is 10.2 Å². The molecule has 0 bridgehead atoms. The van der Waals surface area contributed by atoms with Gasteiger partial charge in [-0.05, 0) is 17.7 Å². The fraction of sp³-hybridized carbons (Fsp3) is 0. The van der Waals surface area contributed by atoms with Gasteiger partial charge in [0.05, 0.1) is 10.4 Å². The number of benzene rings is 3. The standard InChI is InChI=1S/C20H14N4O3/c25-20(19-16-12-14(24(26)27)10-11-18(16)22-23-19)21-17-9-5-4-8-15(17)13-6-2-1-3-7-13/h1-12H,(H,21,25)(H,22,23). The predicted molar refractivity (Wildman–Crippen MR) is 103 cm³/mol. The number of nitrogens with one attached hydrogen (secondary N) is 2. The van der Waals surface area contributed by atoms with Crippen LogP contribution in [0, 0.1) is 10.1 Å². The molecule has 0 aliphatic heterocycles. The highest BCUT2D eigenvalue weighted by atomic mass is 16.6. The Labute approximate surface area is 153 Å². The molecule has 132 valence electrons. The van der Waals surface area contributed by atoms with Crippen molar-refractivity contribution in [2.45, 2.75) is 0 Å². The lowest BCUT2D eigenvalue weighted by molar-refractivity contribution is -0.384. The number of para-hydroxylation sites is 1. The fourth-order valence-corrected chi connectivity index (χ4v) is 2.93. The Morgan fingerprint density at radius 2 is 1.74 bits per heavy atom. The average molecular weight is 358 g/mol. The molecule has 0 aliphatic carbocycles. The summed E-state index contributed by atoms with van der Waals surface area (Å²) in [6, 6.07) is 21.4. The third-order valence-corrected chi connectivity index (χ3v) is 4.23. The number of amides is 1. The van der Waals surface area contributed by atoms with E-state index in [1.54, 1.807) is 6.07 Å². The molecule has 0 unspecified atom stereocenters. The van der Waals surface area contributed by atoms with Crippen LogP contribution in [0.4, 0.5) is 11.4 Å². The van der Waals surface area contributed by atoms with E-state index in [2.05, 4.69) is 15.5 Å². The van der Waals surface area contributed by atoms with E-state index < -0.39 is 10.8 Å². The first kappa shape index (κ1) is 16.5. The van der Waals surface area contributed by atoms with Crippen molar-refractivity contribution in [2.75, 3.05) is 5.32 Å². The van der Waals surface area contributed by atoms with Crippen molar-refractivity contribution in [3.8, 4) is 11.1 Å². The van der Waals surface area contributed by atoms with Gasteiger partial charge in [-0.2, -0.15) is 5.10 Å². The highest BCUT2D eigenvalue weighted by Gasteiger charge is 2.18. The molecule has 0 spiro atoms. The van der Waals surface area contributed by atoms with Gasteiger partial charge in [0.1, 0.15) is 0 Å². The number of aromatic amines is 1. The highest BCUT2D eigenvalue weighted by Crippen LogP contribution is 2.29. The highest BCUT2D eigenvalue weighted by molar-refractivity contribution is 6.12. The van der Waals surface area contributed by atoms with Gasteiger partial charge in [-0.25, -0.2) is 0 Å². The molecule has 4 aromatic rings. The minimum absolute atomic E-state index is 0.0948. The second-order valence-corrected chi connectivity index (χ2v) is 5.92. The Bertz CT molecular complexity index is 1150. The van der Waals surface area contributed by atoms with Crippen LogP contribution in [0.2, 0.25) is 0 Å². The van der Waals surface area contributed by atoms with Crippen molar-refractivity contribution in [2.24, 2.45) is 0 Å². The Morgan fingerprint density at radius 3 is 2.52 bits per heavy atom. The summed E-state index contributed by atoms with van der Waals surface area (Å²) < 4.78 is 0. The zero-order valence-corrected chi connectivity index (χ0v) is 14.0. The van der Waals surface area contributed by atoms with E-state index in [-0.39, 0.29) is 11.4 Å². The molecule has 7 nitrogen and oxygen atoms in total. The molecule has 0 fully saturated rings. The van der Waals surface area contributed by atoms with Crippen LogP contribution in [0.3, 0.4) is 0 Å². The molecule has 1 amide bonds. The zero-order valence-electron chi connectivity index (χ0n) is 14.0. The lowest BCUT2D eigenvalue weighted by Gasteiger charge is -2.10. The number of rotatable bonds is 4. The zero-order chi connectivity index (χ0) is 18.8. The molecule has 2 N–H and O–H groups in total. The van der Waals surface area contributed by atoms with Crippen molar-refractivity contribution >= 4 is 28.2 Å². The molecule has 3 aromatic carbocycles. The van der Waals surface area contributed by atoms with Crippen molar-refractivity contribution < 1.29 is 9.72 Å². The van der Waals surface area contributed by atoms with Gasteiger partial charge in [-0.1, -0.05) is 48.5 Å². The Kier molecular flexibility index (Phi) is 4.10. The molecule has 0 saturated heterocycles. The number of nitro groups is 1. The summed E-state index contributed by atoms with van der Waals surface area (Å²) in [5.41, 5.74) is 3.05. The van der Waals surface area contributed by atoms with E-state index in [4.69, 9.17) is 0 Å². The topological polar surface area (TPSA) is 101 Å². The normalized spacial score (nSPS) is 10.7. The van der Waals surface area contributed by atoms with Crippen LogP contribution in [-0.4, -0.2) is 21.0 Å². The summed E-state index contributed by atoms with van der Waals surface area (Å²) in [5, 5.41) is 21.0. The molecule has 0 atom stereocenters. The van der Waals surface area contributed by atoms with Crippen LogP contribution in [0.25, 0.3) is 22.0 Å². The maximum atomic E-state index is 12.8.